The summed E-state index contributed by atoms with van der Waals surface area (Å²) >= 11 is 6.51. The highest BCUT2D eigenvalue weighted by atomic mass is 35.5. The third-order valence-electron chi connectivity index (χ3n) is 2.23. The first-order valence-electron chi connectivity index (χ1n) is 5.09. The van der Waals surface area contributed by atoms with Gasteiger partial charge in [-0.05, 0) is 12.1 Å². The fourth-order valence-electron chi connectivity index (χ4n) is 1.31. The van der Waals surface area contributed by atoms with Crippen molar-refractivity contribution in [3.63, 3.8) is 0 Å². The van der Waals surface area contributed by atoms with E-state index in [4.69, 9.17) is 11.6 Å². The molecular weight excluding hydrogens is 317 g/mol. The van der Waals surface area contributed by atoms with Crippen molar-refractivity contribution < 1.29 is 22.7 Å². The van der Waals surface area contributed by atoms with E-state index in [1.807, 2.05) is 0 Å². The average Bonchev–Trinajstić information content (AvgIpc) is 2.79. The minimum Gasteiger partial charge on any atom is -0.465 e. The van der Waals surface area contributed by atoms with E-state index in [-0.39, 0.29) is 20.8 Å². The average molecular weight is 323 g/mol. The molecule has 0 aliphatic heterocycles. The Labute approximate surface area is 120 Å². The summed E-state index contributed by atoms with van der Waals surface area (Å²) in [6, 6.07) is 1.76. The lowest BCUT2D eigenvalue weighted by Gasteiger charge is -2.04. The highest BCUT2D eigenvalue weighted by molar-refractivity contribution is 7.18. The Morgan fingerprint density at radius 3 is 2.70 bits per heavy atom. The molecular formula is C11H6ClF3N2O2S. The fourth-order valence-corrected chi connectivity index (χ4v) is 2.43. The molecule has 9 heteroatoms. The van der Waals surface area contributed by atoms with Gasteiger partial charge in [-0.15, -0.1) is 0 Å². The molecule has 2 aromatic rings. The second-order valence-electron chi connectivity index (χ2n) is 3.48. The molecule has 20 heavy (non-hydrogen) atoms. The summed E-state index contributed by atoms with van der Waals surface area (Å²) in [4.78, 5) is 15.1. The van der Waals surface area contributed by atoms with Crippen molar-refractivity contribution >= 4 is 39.7 Å². The minimum absolute atomic E-state index is 0.0136. The van der Waals surface area contributed by atoms with Gasteiger partial charge in [0.15, 0.2) is 32.6 Å². The number of hydrogen-bond donors (Lipinski definition) is 1. The largest absolute Gasteiger partial charge is 0.465 e. The van der Waals surface area contributed by atoms with E-state index < -0.39 is 23.4 Å². The number of aromatic nitrogens is 1. The van der Waals surface area contributed by atoms with E-state index in [9.17, 15) is 18.0 Å². The minimum atomic E-state index is -1.61. The van der Waals surface area contributed by atoms with E-state index in [0.717, 1.165) is 23.5 Å². The van der Waals surface area contributed by atoms with E-state index in [0.29, 0.717) is 0 Å². The standard InChI is InChI=1S/C11H6ClF3N2O2S/c1-19-10(18)8-9(12)17-11(20-8)16-5-3-2-4(13)6(14)7(5)15/h2-3H,1H3,(H,16,17). The van der Waals surface area contributed by atoms with Gasteiger partial charge in [-0.25, -0.2) is 22.9 Å². The van der Waals surface area contributed by atoms with Crippen molar-refractivity contribution in [1.29, 1.82) is 0 Å². The van der Waals surface area contributed by atoms with Crippen LogP contribution in [0.3, 0.4) is 0 Å². The van der Waals surface area contributed by atoms with Crippen molar-refractivity contribution in [3.8, 4) is 0 Å². The zero-order valence-electron chi connectivity index (χ0n) is 9.84. The SMILES string of the molecule is COC(=O)c1sc(Nc2ccc(F)c(F)c2F)nc1Cl. The van der Waals surface area contributed by atoms with Crippen LogP contribution in [0, 0.1) is 17.5 Å². The molecule has 0 unspecified atom stereocenters. The van der Waals surface area contributed by atoms with Crippen LogP contribution < -0.4 is 5.32 Å². The molecule has 4 nitrogen and oxygen atoms in total. The molecule has 1 aromatic heterocycles. The second kappa shape index (κ2) is 5.68. The maximum atomic E-state index is 13.5. The molecule has 1 N–H and O–H groups in total. The lowest BCUT2D eigenvalue weighted by atomic mass is 10.3. The van der Waals surface area contributed by atoms with Crippen molar-refractivity contribution in [2.45, 2.75) is 0 Å². The van der Waals surface area contributed by atoms with E-state index in [1.165, 1.54) is 7.11 Å². The summed E-state index contributed by atoms with van der Waals surface area (Å²) in [5.74, 6) is -5.01. The quantitative estimate of drug-likeness (QED) is 0.691. The summed E-state index contributed by atoms with van der Waals surface area (Å²) in [5, 5.41) is 2.32. The second-order valence-corrected chi connectivity index (χ2v) is 4.84. The van der Waals surface area contributed by atoms with Crippen LogP contribution in [0.1, 0.15) is 9.67 Å². The van der Waals surface area contributed by atoms with Gasteiger partial charge in [0.2, 0.25) is 0 Å². The summed E-state index contributed by atoms with van der Waals surface area (Å²) < 4.78 is 43.8. The lowest BCUT2D eigenvalue weighted by molar-refractivity contribution is 0.0606. The topological polar surface area (TPSA) is 51.2 Å². The van der Waals surface area contributed by atoms with Gasteiger partial charge in [-0.2, -0.15) is 0 Å². The number of hydrogen-bond acceptors (Lipinski definition) is 5. The zero-order chi connectivity index (χ0) is 14.9. The van der Waals surface area contributed by atoms with Gasteiger partial charge < -0.3 is 10.1 Å². The molecule has 0 fully saturated rings. The zero-order valence-corrected chi connectivity index (χ0v) is 11.4. The maximum absolute atomic E-state index is 13.5. The number of rotatable bonds is 3. The molecule has 0 aliphatic carbocycles. The summed E-state index contributed by atoms with van der Waals surface area (Å²) in [5.41, 5.74) is -0.328. The highest BCUT2D eigenvalue weighted by Crippen LogP contribution is 2.31. The predicted octanol–water partition coefficient (Wildman–Crippen LogP) is 3.74. The molecule has 0 aliphatic rings. The van der Waals surface area contributed by atoms with Crippen LogP contribution in [-0.4, -0.2) is 18.1 Å². The smallest absolute Gasteiger partial charge is 0.351 e. The van der Waals surface area contributed by atoms with Gasteiger partial charge in [-0.3, -0.25) is 0 Å². The molecule has 0 saturated heterocycles. The Bertz CT molecular complexity index is 678. The van der Waals surface area contributed by atoms with Crippen LogP contribution in [0.4, 0.5) is 24.0 Å². The molecule has 0 radical (unpaired) electrons. The third-order valence-corrected chi connectivity index (χ3v) is 3.57. The van der Waals surface area contributed by atoms with Crippen molar-refractivity contribution in [2.24, 2.45) is 0 Å². The predicted molar refractivity (Wildman–Crippen MR) is 68.1 cm³/mol. The number of esters is 1. The molecule has 1 heterocycles. The molecule has 106 valence electrons. The first kappa shape index (κ1) is 14.6. The van der Waals surface area contributed by atoms with Crippen LogP contribution in [0.25, 0.3) is 0 Å². The molecule has 0 saturated carbocycles. The van der Waals surface area contributed by atoms with Crippen LogP contribution in [0.2, 0.25) is 5.15 Å². The first-order chi connectivity index (χ1) is 9.43. The Morgan fingerprint density at radius 2 is 2.05 bits per heavy atom. The van der Waals surface area contributed by atoms with Gasteiger partial charge in [0.1, 0.15) is 0 Å². The van der Waals surface area contributed by atoms with E-state index in [1.54, 1.807) is 0 Å². The molecule has 0 amide bonds. The number of ether oxygens (including phenoxy) is 1. The van der Waals surface area contributed by atoms with Crippen LogP contribution >= 0.6 is 22.9 Å². The van der Waals surface area contributed by atoms with Gasteiger partial charge in [0.25, 0.3) is 0 Å². The molecule has 2 rings (SSSR count). The summed E-state index contributed by atoms with van der Waals surface area (Å²) in [7, 11) is 1.17. The molecule has 0 spiro atoms. The Kier molecular flexibility index (Phi) is 4.15. The Hall–Kier alpha value is -1.80. The van der Waals surface area contributed by atoms with Gasteiger partial charge in [-0.1, -0.05) is 22.9 Å². The Morgan fingerprint density at radius 1 is 1.35 bits per heavy atom. The molecule has 0 atom stereocenters. The number of nitrogens with zero attached hydrogens (tertiary/aromatic N) is 1. The van der Waals surface area contributed by atoms with Gasteiger partial charge >= 0.3 is 5.97 Å². The van der Waals surface area contributed by atoms with Gasteiger partial charge in [0.05, 0.1) is 12.8 Å². The van der Waals surface area contributed by atoms with Gasteiger partial charge in [0, 0.05) is 0 Å². The van der Waals surface area contributed by atoms with Crippen molar-refractivity contribution in [1.82, 2.24) is 4.98 Å². The number of methoxy groups -OCH3 is 1. The number of carbonyl (C=O) groups excluding carboxylic acids is 1. The number of carbonyl (C=O) groups is 1. The number of thiazole rings is 1. The Balaban J connectivity index is 2.32. The number of benzene rings is 1. The number of anilines is 2. The summed E-state index contributed by atoms with van der Waals surface area (Å²) in [6.45, 7) is 0. The van der Waals surface area contributed by atoms with Crippen molar-refractivity contribution in [3.05, 3.63) is 39.6 Å². The molecule has 0 bridgehead atoms. The van der Waals surface area contributed by atoms with E-state index in [2.05, 4.69) is 15.0 Å². The summed E-state index contributed by atoms with van der Waals surface area (Å²) in [6.07, 6.45) is 0. The lowest BCUT2D eigenvalue weighted by Crippen LogP contribution is -1.98. The normalized spacial score (nSPS) is 10.4. The third kappa shape index (κ3) is 2.70. The first-order valence-corrected chi connectivity index (χ1v) is 6.28. The highest BCUT2D eigenvalue weighted by Gasteiger charge is 2.19. The monoisotopic (exact) mass is 322 g/mol. The van der Waals surface area contributed by atoms with Crippen molar-refractivity contribution in [2.75, 3.05) is 12.4 Å². The van der Waals surface area contributed by atoms with Crippen LogP contribution in [0.5, 0.6) is 0 Å². The fraction of sp³-hybridized carbons (Fsp3) is 0.0909. The maximum Gasteiger partial charge on any atom is 0.351 e. The van der Waals surface area contributed by atoms with Crippen LogP contribution in [-0.2, 0) is 4.74 Å². The van der Waals surface area contributed by atoms with Crippen LogP contribution in [0.15, 0.2) is 12.1 Å². The van der Waals surface area contributed by atoms with E-state index >= 15 is 0 Å². The number of halogens is 4. The molecule has 1 aromatic carbocycles. The number of nitrogens with one attached hydrogen (secondary N) is 1.